The first kappa shape index (κ1) is 7.45. The minimum atomic E-state index is 0.717. The Bertz CT molecular complexity index is 409. The van der Waals surface area contributed by atoms with E-state index >= 15 is 0 Å². The quantitative estimate of drug-likeness (QED) is 0.507. The van der Waals surface area contributed by atoms with Crippen LogP contribution in [0.15, 0.2) is 24.5 Å². The highest BCUT2D eigenvalue weighted by atomic mass is 32.2. The third-order valence-corrected chi connectivity index (χ3v) is 2.17. The molecule has 1 aromatic carbocycles. The van der Waals surface area contributed by atoms with E-state index in [1.165, 1.54) is 0 Å². The average Bonchev–Trinajstić information content (AvgIpc) is 2.46. The zero-order chi connectivity index (χ0) is 8.55. The van der Waals surface area contributed by atoms with Gasteiger partial charge in [-0.1, -0.05) is 0 Å². The van der Waals surface area contributed by atoms with E-state index in [1.54, 1.807) is 10.3 Å². The molecule has 0 radical (unpaired) electrons. The lowest BCUT2D eigenvalue weighted by Crippen LogP contribution is -1.89. The van der Waals surface area contributed by atoms with Crippen LogP contribution >= 0.6 is 12.1 Å². The highest BCUT2D eigenvalue weighted by Gasteiger charge is 2.00. The summed E-state index contributed by atoms with van der Waals surface area (Å²) in [5, 5.41) is 5.41. The van der Waals surface area contributed by atoms with Crippen molar-refractivity contribution in [3.05, 3.63) is 24.5 Å². The molecule has 1 heterocycles. The van der Waals surface area contributed by atoms with Crippen molar-refractivity contribution >= 4 is 28.9 Å². The first-order valence-electron chi connectivity index (χ1n) is 3.41. The predicted molar refractivity (Wildman–Crippen MR) is 51.3 cm³/mol. The van der Waals surface area contributed by atoms with Gasteiger partial charge in [0.1, 0.15) is 6.33 Å². The van der Waals surface area contributed by atoms with Crippen LogP contribution in [0.2, 0.25) is 0 Å². The fourth-order valence-electron chi connectivity index (χ4n) is 1.09. The van der Waals surface area contributed by atoms with Crippen molar-refractivity contribution in [3.8, 4) is 0 Å². The van der Waals surface area contributed by atoms with Gasteiger partial charge in [-0.05, 0) is 18.2 Å². The molecule has 4 N–H and O–H groups in total. The number of hydrogen-bond acceptors (Lipinski definition) is 4. The molecular formula is C7H8N4S. The topological polar surface area (TPSA) is 69.9 Å². The number of nitrogens with two attached hydrogens (primary N) is 2. The van der Waals surface area contributed by atoms with Crippen LogP contribution in [0.5, 0.6) is 0 Å². The van der Waals surface area contributed by atoms with Crippen LogP contribution in [0.4, 0.5) is 5.69 Å². The summed E-state index contributed by atoms with van der Waals surface area (Å²) in [5.41, 5.74) is 8.16. The summed E-state index contributed by atoms with van der Waals surface area (Å²) in [7, 11) is 0. The van der Waals surface area contributed by atoms with Gasteiger partial charge in [-0.25, -0.2) is 4.98 Å². The van der Waals surface area contributed by atoms with Crippen molar-refractivity contribution in [2.24, 2.45) is 5.14 Å². The molecule has 0 aliphatic heterocycles. The summed E-state index contributed by atoms with van der Waals surface area (Å²) >= 11 is 1.12. The van der Waals surface area contributed by atoms with Crippen molar-refractivity contribution in [1.29, 1.82) is 0 Å². The molecule has 0 aliphatic rings. The van der Waals surface area contributed by atoms with Gasteiger partial charge >= 0.3 is 0 Å². The minimum Gasteiger partial charge on any atom is -0.399 e. The normalized spacial score (nSPS) is 10.8. The van der Waals surface area contributed by atoms with Crippen molar-refractivity contribution < 1.29 is 0 Å². The van der Waals surface area contributed by atoms with E-state index in [-0.39, 0.29) is 0 Å². The lowest BCUT2D eigenvalue weighted by molar-refractivity contribution is 1.26. The van der Waals surface area contributed by atoms with Gasteiger partial charge < -0.3 is 5.73 Å². The van der Waals surface area contributed by atoms with E-state index in [0.29, 0.717) is 0 Å². The van der Waals surface area contributed by atoms with Gasteiger partial charge in [0.2, 0.25) is 0 Å². The molecule has 2 aromatic rings. The molecule has 0 saturated carbocycles. The molecule has 0 unspecified atom stereocenters. The van der Waals surface area contributed by atoms with Crippen molar-refractivity contribution in [2.75, 3.05) is 5.73 Å². The van der Waals surface area contributed by atoms with Gasteiger partial charge in [0, 0.05) is 17.8 Å². The van der Waals surface area contributed by atoms with Crippen molar-refractivity contribution in [2.45, 2.75) is 0 Å². The third kappa shape index (κ3) is 1.03. The molecule has 4 nitrogen and oxygen atoms in total. The Balaban J connectivity index is 2.73. The van der Waals surface area contributed by atoms with Crippen LogP contribution < -0.4 is 10.9 Å². The van der Waals surface area contributed by atoms with Gasteiger partial charge in [-0.3, -0.25) is 9.11 Å². The number of nitrogen functional groups attached to an aromatic ring is 1. The maximum atomic E-state index is 5.59. The molecule has 0 fully saturated rings. The Kier molecular flexibility index (Phi) is 1.67. The maximum absolute atomic E-state index is 5.59. The van der Waals surface area contributed by atoms with Crippen LogP contribution in [0.1, 0.15) is 0 Å². The molecule has 0 atom stereocenters. The highest BCUT2D eigenvalue weighted by Crippen LogP contribution is 2.17. The maximum Gasteiger partial charge on any atom is 0.107 e. The van der Waals surface area contributed by atoms with E-state index in [1.807, 2.05) is 18.2 Å². The van der Waals surface area contributed by atoms with Gasteiger partial charge in [0.15, 0.2) is 0 Å². The number of nitrogens with zero attached hydrogens (tertiary/aromatic N) is 2. The summed E-state index contributed by atoms with van der Waals surface area (Å²) in [6.45, 7) is 0. The zero-order valence-electron chi connectivity index (χ0n) is 6.27. The number of aromatic nitrogens is 2. The van der Waals surface area contributed by atoms with E-state index in [0.717, 1.165) is 28.9 Å². The van der Waals surface area contributed by atoms with Gasteiger partial charge in [-0.2, -0.15) is 0 Å². The summed E-state index contributed by atoms with van der Waals surface area (Å²) in [6, 6.07) is 5.55. The van der Waals surface area contributed by atoms with Crippen molar-refractivity contribution in [1.82, 2.24) is 8.96 Å². The molecule has 0 aliphatic carbocycles. The molecule has 0 saturated heterocycles. The Labute approximate surface area is 73.8 Å². The lowest BCUT2D eigenvalue weighted by Gasteiger charge is -1.96. The largest absolute Gasteiger partial charge is 0.399 e. The summed E-state index contributed by atoms with van der Waals surface area (Å²) in [6.07, 6.45) is 1.68. The van der Waals surface area contributed by atoms with Crippen LogP contribution in [-0.2, 0) is 0 Å². The fourth-order valence-corrected chi connectivity index (χ4v) is 1.46. The number of rotatable bonds is 1. The predicted octanol–water partition coefficient (Wildman–Crippen LogP) is 0.989. The summed E-state index contributed by atoms with van der Waals surface area (Å²) < 4.78 is 1.79. The van der Waals surface area contributed by atoms with Crippen LogP contribution in [-0.4, -0.2) is 8.96 Å². The number of benzene rings is 1. The molecule has 0 amide bonds. The first-order valence-corrected chi connectivity index (χ1v) is 4.25. The second-order valence-electron chi connectivity index (χ2n) is 2.42. The Hall–Kier alpha value is -1.20. The molecule has 12 heavy (non-hydrogen) atoms. The van der Waals surface area contributed by atoms with Gasteiger partial charge in [0.25, 0.3) is 0 Å². The smallest absolute Gasteiger partial charge is 0.107 e. The lowest BCUT2D eigenvalue weighted by atomic mass is 10.3. The number of fused-ring (bicyclic) bond motifs is 1. The number of hydrogen-bond donors (Lipinski definition) is 2. The summed E-state index contributed by atoms with van der Waals surface area (Å²) in [5.74, 6) is 0. The third-order valence-electron chi connectivity index (χ3n) is 1.65. The second-order valence-corrected chi connectivity index (χ2v) is 3.03. The Morgan fingerprint density at radius 2 is 2.25 bits per heavy atom. The van der Waals surface area contributed by atoms with Crippen LogP contribution in [0, 0.1) is 0 Å². The summed E-state index contributed by atoms with van der Waals surface area (Å²) in [4.78, 5) is 4.13. The van der Waals surface area contributed by atoms with Crippen LogP contribution in [0.3, 0.4) is 0 Å². The van der Waals surface area contributed by atoms with Crippen molar-refractivity contribution in [3.63, 3.8) is 0 Å². The standard InChI is InChI=1S/C7H8N4S/c8-5-1-2-7-6(3-5)10-4-11(7)12-9/h1-4H,8-9H2. The SMILES string of the molecule is NSn1cnc2cc(N)ccc21. The minimum absolute atomic E-state index is 0.717. The van der Waals surface area contributed by atoms with E-state index in [2.05, 4.69) is 4.98 Å². The number of anilines is 1. The molecular weight excluding hydrogens is 172 g/mol. The molecule has 5 heteroatoms. The average molecular weight is 180 g/mol. The molecule has 1 aromatic heterocycles. The van der Waals surface area contributed by atoms with E-state index in [4.69, 9.17) is 10.9 Å². The monoisotopic (exact) mass is 180 g/mol. The first-order chi connectivity index (χ1) is 5.81. The molecule has 0 bridgehead atoms. The number of imidazole rings is 1. The van der Waals surface area contributed by atoms with E-state index in [9.17, 15) is 0 Å². The Morgan fingerprint density at radius 3 is 3.00 bits per heavy atom. The Morgan fingerprint density at radius 1 is 1.42 bits per heavy atom. The zero-order valence-corrected chi connectivity index (χ0v) is 7.08. The fraction of sp³-hybridized carbons (Fsp3) is 0. The highest BCUT2D eigenvalue weighted by molar-refractivity contribution is 7.95. The van der Waals surface area contributed by atoms with E-state index < -0.39 is 0 Å². The van der Waals surface area contributed by atoms with Gasteiger partial charge in [-0.15, -0.1) is 0 Å². The molecule has 2 rings (SSSR count). The molecule has 62 valence electrons. The second kappa shape index (κ2) is 2.69. The van der Waals surface area contributed by atoms with Crippen LogP contribution in [0.25, 0.3) is 11.0 Å². The van der Waals surface area contributed by atoms with Gasteiger partial charge in [0.05, 0.1) is 11.0 Å². The molecule has 0 spiro atoms.